The van der Waals surface area contributed by atoms with E-state index in [1.54, 1.807) is 25.3 Å². The summed E-state index contributed by atoms with van der Waals surface area (Å²) in [7, 11) is 0. The van der Waals surface area contributed by atoms with E-state index in [0.717, 1.165) is 16.8 Å². The lowest BCUT2D eigenvalue weighted by Crippen LogP contribution is -2.43. The summed E-state index contributed by atoms with van der Waals surface area (Å²) in [6, 6.07) is 19.0. The molecule has 0 saturated carbocycles. The molecule has 6 nitrogen and oxygen atoms in total. The van der Waals surface area contributed by atoms with Gasteiger partial charge in [0.05, 0.1) is 35.2 Å². The summed E-state index contributed by atoms with van der Waals surface area (Å²) in [5, 5.41) is 13.7. The zero-order valence-corrected chi connectivity index (χ0v) is 18.6. The summed E-state index contributed by atoms with van der Waals surface area (Å²) in [5.74, 6) is 0.219. The highest BCUT2D eigenvalue weighted by Crippen LogP contribution is 2.32. The number of anilines is 1. The fraction of sp³-hybridized carbons (Fsp3) is 0.280. The highest BCUT2D eigenvalue weighted by atomic mass is 35.5. The molecule has 2 heterocycles. The van der Waals surface area contributed by atoms with Crippen molar-refractivity contribution in [2.75, 3.05) is 24.7 Å². The largest absolute Gasteiger partial charge is 0.381 e. The van der Waals surface area contributed by atoms with Gasteiger partial charge in [-0.05, 0) is 36.8 Å². The Kier molecular flexibility index (Phi) is 7.05. The van der Waals surface area contributed by atoms with Gasteiger partial charge in [-0.25, -0.2) is 0 Å². The van der Waals surface area contributed by atoms with Crippen LogP contribution in [0.1, 0.15) is 22.8 Å². The number of pyridine rings is 1. The molecule has 0 aliphatic carbocycles. The van der Waals surface area contributed by atoms with Crippen molar-refractivity contribution in [3.8, 4) is 11.3 Å². The second kappa shape index (κ2) is 10.1. The molecule has 4 rings (SSSR count). The Morgan fingerprint density at radius 3 is 2.59 bits per heavy atom. The summed E-state index contributed by atoms with van der Waals surface area (Å²) in [5.41, 5.74) is 3.86. The number of amides is 1. The Morgan fingerprint density at radius 1 is 1.22 bits per heavy atom. The van der Waals surface area contributed by atoms with E-state index in [-0.39, 0.29) is 5.91 Å². The quantitative estimate of drug-likeness (QED) is 0.504. The third-order valence-corrected chi connectivity index (χ3v) is 5.79. The van der Waals surface area contributed by atoms with Crippen molar-refractivity contribution in [3.05, 3.63) is 83.0 Å². The molecule has 2 N–H and O–H groups in total. The van der Waals surface area contributed by atoms with Crippen LogP contribution >= 0.6 is 11.6 Å². The normalized spacial score (nSPS) is 14.5. The molecular weight excluding hydrogens is 426 g/mol. The van der Waals surface area contributed by atoms with Crippen molar-refractivity contribution < 1.29 is 14.6 Å². The standard InChI is InChI=1S/C25H26ClN3O3/c1-17(30)29(14-19-15-32-16-19)24-10-8-20(11-22(24)26)23-9-7-21(13-27-23)25(31)28-12-18-5-3-2-4-6-18/h2-11,13,17,19,30H,12,14-16H2,1H3,(H,28,31). The predicted octanol–water partition coefficient (Wildman–Crippen LogP) is 4.12. The first kappa shape index (κ1) is 22.3. The van der Waals surface area contributed by atoms with Crippen molar-refractivity contribution in [1.29, 1.82) is 0 Å². The molecule has 1 aromatic heterocycles. The van der Waals surface area contributed by atoms with Crippen molar-refractivity contribution >= 4 is 23.2 Å². The number of aliphatic hydroxyl groups excluding tert-OH is 1. The van der Waals surface area contributed by atoms with Gasteiger partial charge < -0.3 is 20.1 Å². The lowest BCUT2D eigenvalue weighted by atomic mass is 10.1. The number of rotatable bonds is 8. The van der Waals surface area contributed by atoms with E-state index in [4.69, 9.17) is 16.3 Å². The van der Waals surface area contributed by atoms with Crippen molar-refractivity contribution in [1.82, 2.24) is 10.3 Å². The van der Waals surface area contributed by atoms with E-state index in [1.165, 1.54) is 0 Å². The average Bonchev–Trinajstić information content (AvgIpc) is 2.78. The minimum atomic E-state index is -0.661. The molecular formula is C25H26ClN3O3. The Hall–Kier alpha value is -2.93. The average molecular weight is 452 g/mol. The predicted molar refractivity (Wildman–Crippen MR) is 126 cm³/mol. The lowest BCUT2D eigenvalue weighted by molar-refractivity contribution is -0.0307. The van der Waals surface area contributed by atoms with Crippen LogP contribution in [0.25, 0.3) is 11.3 Å². The molecule has 32 heavy (non-hydrogen) atoms. The number of aliphatic hydroxyl groups is 1. The molecule has 0 radical (unpaired) electrons. The summed E-state index contributed by atoms with van der Waals surface area (Å²) in [4.78, 5) is 18.7. The highest BCUT2D eigenvalue weighted by molar-refractivity contribution is 6.33. The number of nitrogens with zero attached hydrogens (tertiary/aromatic N) is 2. The van der Waals surface area contributed by atoms with Crippen LogP contribution < -0.4 is 10.2 Å². The zero-order chi connectivity index (χ0) is 22.5. The summed E-state index contributed by atoms with van der Waals surface area (Å²) in [6.45, 7) is 4.28. The van der Waals surface area contributed by atoms with Gasteiger partial charge >= 0.3 is 0 Å². The molecule has 1 unspecified atom stereocenters. The van der Waals surface area contributed by atoms with E-state index in [0.29, 0.717) is 48.5 Å². The van der Waals surface area contributed by atoms with Crippen LogP contribution in [0.5, 0.6) is 0 Å². The molecule has 3 aromatic rings. The third kappa shape index (κ3) is 5.27. The Bertz CT molecular complexity index is 1050. The molecule has 1 saturated heterocycles. The monoisotopic (exact) mass is 451 g/mol. The fourth-order valence-corrected chi connectivity index (χ4v) is 3.89. The molecule has 166 valence electrons. The maximum Gasteiger partial charge on any atom is 0.253 e. The first-order chi connectivity index (χ1) is 15.5. The third-order valence-electron chi connectivity index (χ3n) is 5.49. The molecule has 1 fully saturated rings. The van der Waals surface area contributed by atoms with E-state index in [9.17, 15) is 9.90 Å². The lowest BCUT2D eigenvalue weighted by Gasteiger charge is -2.35. The number of halogens is 1. The van der Waals surface area contributed by atoms with Crippen LogP contribution in [-0.2, 0) is 11.3 Å². The molecule has 1 atom stereocenters. The van der Waals surface area contributed by atoms with Gasteiger partial charge in [0.15, 0.2) is 0 Å². The number of hydrogen-bond acceptors (Lipinski definition) is 5. The number of hydrogen-bond donors (Lipinski definition) is 2. The summed E-state index contributed by atoms with van der Waals surface area (Å²) < 4.78 is 5.24. The Balaban J connectivity index is 1.44. The smallest absolute Gasteiger partial charge is 0.253 e. The molecule has 0 spiro atoms. The highest BCUT2D eigenvalue weighted by Gasteiger charge is 2.25. The van der Waals surface area contributed by atoms with E-state index in [2.05, 4.69) is 10.3 Å². The number of aromatic nitrogens is 1. The first-order valence-corrected chi connectivity index (χ1v) is 11.0. The second-order valence-corrected chi connectivity index (χ2v) is 8.36. The SMILES string of the molecule is CC(O)N(CC1COC1)c1ccc(-c2ccc(C(=O)NCc3ccccc3)cn2)cc1Cl. The Labute approximate surface area is 192 Å². The zero-order valence-electron chi connectivity index (χ0n) is 17.9. The van der Waals surface area contributed by atoms with E-state index < -0.39 is 6.23 Å². The van der Waals surface area contributed by atoms with Gasteiger partial charge in [0.2, 0.25) is 0 Å². The Morgan fingerprint density at radius 2 is 2.00 bits per heavy atom. The van der Waals surface area contributed by atoms with Crippen molar-refractivity contribution in [2.45, 2.75) is 19.7 Å². The van der Waals surface area contributed by atoms with Crippen LogP contribution in [0.15, 0.2) is 66.9 Å². The molecule has 1 amide bonds. The fourth-order valence-electron chi connectivity index (χ4n) is 3.60. The summed E-state index contributed by atoms with van der Waals surface area (Å²) in [6.07, 6.45) is 0.904. The molecule has 0 bridgehead atoms. The van der Waals surface area contributed by atoms with Crippen LogP contribution in [0.3, 0.4) is 0 Å². The van der Waals surface area contributed by atoms with E-state index >= 15 is 0 Å². The maximum absolute atomic E-state index is 12.4. The molecule has 1 aliphatic rings. The molecule has 1 aliphatic heterocycles. The van der Waals surface area contributed by atoms with Gasteiger partial charge in [0, 0.05) is 30.8 Å². The van der Waals surface area contributed by atoms with Gasteiger partial charge in [-0.2, -0.15) is 0 Å². The molecule has 7 heteroatoms. The number of nitrogens with one attached hydrogen (secondary N) is 1. The van der Waals surface area contributed by atoms with Crippen LogP contribution in [-0.4, -0.2) is 42.0 Å². The van der Waals surface area contributed by atoms with Crippen molar-refractivity contribution in [3.63, 3.8) is 0 Å². The van der Waals surface area contributed by atoms with Crippen molar-refractivity contribution in [2.24, 2.45) is 5.92 Å². The summed E-state index contributed by atoms with van der Waals surface area (Å²) >= 11 is 6.57. The number of benzene rings is 2. The number of carbonyl (C=O) groups is 1. The molecule has 2 aromatic carbocycles. The minimum Gasteiger partial charge on any atom is -0.381 e. The van der Waals surface area contributed by atoms with E-state index in [1.807, 2.05) is 53.4 Å². The van der Waals surface area contributed by atoms with Crippen LogP contribution in [0, 0.1) is 5.92 Å². The van der Waals surface area contributed by atoms with Crippen LogP contribution in [0.4, 0.5) is 5.69 Å². The van der Waals surface area contributed by atoms with Gasteiger partial charge in [-0.3, -0.25) is 9.78 Å². The van der Waals surface area contributed by atoms with Gasteiger partial charge in [-0.15, -0.1) is 0 Å². The topological polar surface area (TPSA) is 74.7 Å². The number of carbonyl (C=O) groups excluding carboxylic acids is 1. The van der Waals surface area contributed by atoms with Crippen LogP contribution in [0.2, 0.25) is 5.02 Å². The maximum atomic E-state index is 12.4. The van der Waals surface area contributed by atoms with Gasteiger partial charge in [0.1, 0.15) is 6.23 Å². The minimum absolute atomic E-state index is 0.172. The number of ether oxygens (including phenoxy) is 1. The van der Waals surface area contributed by atoms with Gasteiger partial charge in [0.25, 0.3) is 5.91 Å². The second-order valence-electron chi connectivity index (χ2n) is 7.95. The first-order valence-electron chi connectivity index (χ1n) is 10.6. The van der Waals surface area contributed by atoms with Gasteiger partial charge in [-0.1, -0.05) is 48.0 Å².